The molecule has 0 radical (unpaired) electrons. The maximum absolute atomic E-state index is 14.8. The van der Waals surface area contributed by atoms with Gasteiger partial charge in [0.15, 0.2) is 0 Å². The van der Waals surface area contributed by atoms with Crippen LogP contribution in [0.15, 0.2) is 84.9 Å². The van der Waals surface area contributed by atoms with Crippen LogP contribution in [-0.2, 0) is 20.7 Å². The summed E-state index contributed by atoms with van der Waals surface area (Å²) in [6.07, 6.45) is 1.86. The lowest BCUT2D eigenvalue weighted by Crippen LogP contribution is -2.53. The zero-order valence-electron chi connectivity index (χ0n) is 28.3. The van der Waals surface area contributed by atoms with Crippen LogP contribution in [0.25, 0.3) is 10.8 Å². The molecule has 0 saturated heterocycles. The predicted molar refractivity (Wildman–Crippen MR) is 187 cm³/mol. The summed E-state index contributed by atoms with van der Waals surface area (Å²) < 4.78 is 5.55. The molecule has 2 atom stereocenters. The molecule has 3 N–H and O–H groups in total. The monoisotopic (exact) mass is 637 g/mol. The van der Waals surface area contributed by atoms with Gasteiger partial charge in [-0.2, -0.15) is 0 Å². The minimum atomic E-state index is -1.04. The second-order valence-corrected chi connectivity index (χ2v) is 13.1. The normalized spacial score (nSPS) is 12.6. The van der Waals surface area contributed by atoms with Gasteiger partial charge in [0.2, 0.25) is 5.91 Å². The molecule has 2 unspecified atom stereocenters. The van der Waals surface area contributed by atoms with Gasteiger partial charge in [-0.15, -0.1) is 0 Å². The van der Waals surface area contributed by atoms with Crippen molar-refractivity contribution in [3.05, 3.63) is 107 Å². The highest BCUT2D eigenvalue weighted by atomic mass is 16.6. The second kappa shape index (κ2) is 15.6. The van der Waals surface area contributed by atoms with E-state index in [0.29, 0.717) is 24.2 Å². The van der Waals surface area contributed by atoms with Crippen LogP contribution in [0.2, 0.25) is 0 Å². The van der Waals surface area contributed by atoms with Crippen molar-refractivity contribution in [2.45, 2.75) is 84.9 Å². The number of carbonyl (C=O) groups is 3. The van der Waals surface area contributed by atoms with E-state index >= 15 is 0 Å². The van der Waals surface area contributed by atoms with Gasteiger partial charge < -0.3 is 25.4 Å². The number of phenolic OH excluding ortho intramolecular Hbond substituents is 1. The molecule has 0 aromatic heterocycles. The van der Waals surface area contributed by atoms with Gasteiger partial charge in [-0.3, -0.25) is 9.59 Å². The molecule has 47 heavy (non-hydrogen) atoms. The van der Waals surface area contributed by atoms with Gasteiger partial charge in [0.25, 0.3) is 5.91 Å². The molecule has 0 aliphatic rings. The van der Waals surface area contributed by atoms with Gasteiger partial charge in [-0.25, -0.2) is 4.79 Å². The number of unbranched alkanes of at least 4 members (excludes halogenated alkanes) is 2. The summed E-state index contributed by atoms with van der Waals surface area (Å²) in [7, 11) is 0. The first kappa shape index (κ1) is 35.0. The van der Waals surface area contributed by atoms with Gasteiger partial charge in [0, 0.05) is 18.7 Å². The van der Waals surface area contributed by atoms with Crippen LogP contribution in [-0.4, -0.2) is 46.1 Å². The first-order valence-electron chi connectivity index (χ1n) is 16.3. The Kier molecular flexibility index (Phi) is 11.6. The summed E-state index contributed by atoms with van der Waals surface area (Å²) in [6, 6.07) is 23.9. The maximum atomic E-state index is 14.8. The third-order valence-electron chi connectivity index (χ3n) is 8.17. The summed E-state index contributed by atoms with van der Waals surface area (Å²) in [5.74, 6) is -0.655. The minimum Gasteiger partial charge on any atom is -0.508 e. The minimum absolute atomic E-state index is 0.0956. The third kappa shape index (κ3) is 9.58. The van der Waals surface area contributed by atoms with E-state index in [-0.39, 0.29) is 18.1 Å². The highest BCUT2D eigenvalue weighted by Crippen LogP contribution is 2.30. The SMILES string of the molecule is CCCCCN(C(=O)C(Cc1ccc(O)cc1)NC(=O)OC(C)(C)C)C(C(=O)Nc1ccc2ccccc2c1)c1cccc(C)c1C. The van der Waals surface area contributed by atoms with Crippen molar-refractivity contribution in [1.29, 1.82) is 0 Å². The van der Waals surface area contributed by atoms with Crippen LogP contribution in [0.5, 0.6) is 5.75 Å². The molecule has 0 aliphatic heterocycles. The number of nitrogens with zero attached hydrogens (tertiary/aromatic N) is 1. The number of benzene rings is 4. The van der Waals surface area contributed by atoms with E-state index in [1.807, 2.05) is 74.5 Å². The lowest BCUT2D eigenvalue weighted by Gasteiger charge is -2.35. The second-order valence-electron chi connectivity index (χ2n) is 13.1. The Hall–Kier alpha value is -4.85. The summed E-state index contributed by atoms with van der Waals surface area (Å²) in [5.41, 5.74) is 3.20. The Morgan fingerprint density at radius 1 is 0.872 bits per heavy atom. The van der Waals surface area contributed by atoms with Gasteiger partial charge in [-0.1, -0.05) is 80.4 Å². The number of aryl methyl sites for hydroxylation is 1. The van der Waals surface area contributed by atoms with E-state index in [9.17, 15) is 19.5 Å². The van der Waals surface area contributed by atoms with Gasteiger partial charge in [0.05, 0.1) is 0 Å². The van der Waals surface area contributed by atoms with Crippen molar-refractivity contribution >= 4 is 34.4 Å². The van der Waals surface area contributed by atoms with Crippen LogP contribution in [0.1, 0.15) is 75.3 Å². The summed E-state index contributed by atoms with van der Waals surface area (Å²) in [5, 5.41) is 17.8. The number of fused-ring (bicyclic) bond motifs is 1. The van der Waals surface area contributed by atoms with Crippen LogP contribution in [0, 0.1) is 13.8 Å². The molecule has 248 valence electrons. The number of carbonyl (C=O) groups excluding carboxylic acids is 3. The standard InChI is InChI=1S/C39H47N3O5/c1-7-8-11-23-42(37(45)34(41-38(46)47-39(4,5)6)24-28-17-21-32(43)22-18-28)35(33-16-12-13-26(2)27(33)3)36(44)40-31-20-19-29-14-9-10-15-30(29)25-31/h9-10,12-22,25,34-35,43H,7-8,11,23-24H2,1-6H3,(H,40,44)(H,41,46). The van der Waals surface area contributed by atoms with Gasteiger partial charge in [0.1, 0.15) is 23.4 Å². The van der Waals surface area contributed by atoms with Gasteiger partial charge in [-0.05, 0) is 98.3 Å². The lowest BCUT2D eigenvalue weighted by atomic mass is 9.94. The van der Waals surface area contributed by atoms with Crippen molar-refractivity contribution in [3.63, 3.8) is 0 Å². The summed E-state index contributed by atoms with van der Waals surface area (Å²) >= 11 is 0. The summed E-state index contributed by atoms with van der Waals surface area (Å²) in [4.78, 5) is 44.0. The fraction of sp³-hybridized carbons (Fsp3) is 0.359. The van der Waals surface area contributed by atoms with E-state index < -0.39 is 29.7 Å². The zero-order valence-corrected chi connectivity index (χ0v) is 28.3. The van der Waals surface area contributed by atoms with E-state index in [1.54, 1.807) is 49.9 Å². The molecule has 3 amide bonds. The molecule has 0 saturated carbocycles. The van der Waals surface area contributed by atoms with E-state index in [1.165, 1.54) is 0 Å². The van der Waals surface area contributed by atoms with Crippen molar-refractivity contribution in [2.75, 3.05) is 11.9 Å². The van der Waals surface area contributed by atoms with Crippen molar-refractivity contribution < 1.29 is 24.2 Å². The number of hydrogen-bond donors (Lipinski definition) is 3. The molecule has 0 fully saturated rings. The number of rotatable bonds is 12. The Labute approximate surface area is 278 Å². The zero-order chi connectivity index (χ0) is 34.1. The van der Waals surface area contributed by atoms with Crippen LogP contribution >= 0.6 is 0 Å². The molecule has 4 aromatic carbocycles. The average molecular weight is 638 g/mol. The van der Waals surface area contributed by atoms with Crippen molar-refractivity contribution in [2.24, 2.45) is 0 Å². The molecule has 0 heterocycles. The predicted octanol–water partition coefficient (Wildman–Crippen LogP) is 8.00. The number of anilines is 1. The van der Waals surface area contributed by atoms with Gasteiger partial charge >= 0.3 is 6.09 Å². The molecule has 0 spiro atoms. The molecular formula is C39H47N3O5. The highest BCUT2D eigenvalue weighted by Gasteiger charge is 2.37. The maximum Gasteiger partial charge on any atom is 0.408 e. The Bertz CT molecular complexity index is 1690. The van der Waals surface area contributed by atoms with Crippen molar-refractivity contribution in [3.8, 4) is 5.75 Å². The first-order valence-corrected chi connectivity index (χ1v) is 16.3. The van der Waals surface area contributed by atoms with E-state index in [4.69, 9.17) is 4.74 Å². The number of phenols is 1. The Morgan fingerprint density at radius 2 is 1.57 bits per heavy atom. The van der Waals surface area contributed by atoms with Crippen LogP contribution in [0.4, 0.5) is 10.5 Å². The molecule has 0 bridgehead atoms. The van der Waals surface area contributed by atoms with E-state index in [2.05, 4.69) is 17.6 Å². The smallest absolute Gasteiger partial charge is 0.408 e. The molecule has 0 aliphatic carbocycles. The van der Waals surface area contributed by atoms with Crippen molar-refractivity contribution in [1.82, 2.24) is 10.2 Å². The fourth-order valence-electron chi connectivity index (χ4n) is 5.61. The molecule has 4 aromatic rings. The topological polar surface area (TPSA) is 108 Å². The summed E-state index contributed by atoms with van der Waals surface area (Å²) in [6.45, 7) is 11.6. The number of amides is 3. The molecule has 4 rings (SSSR count). The molecule has 8 nitrogen and oxygen atoms in total. The lowest BCUT2D eigenvalue weighted by molar-refractivity contribution is -0.140. The number of alkyl carbamates (subject to hydrolysis) is 1. The highest BCUT2D eigenvalue weighted by molar-refractivity contribution is 6.00. The average Bonchev–Trinajstić information content (AvgIpc) is 3.02. The van der Waals surface area contributed by atoms with E-state index in [0.717, 1.165) is 40.3 Å². The number of aromatic hydroxyl groups is 1. The Balaban J connectivity index is 1.78. The first-order chi connectivity index (χ1) is 22.4. The largest absolute Gasteiger partial charge is 0.508 e. The number of ether oxygens (including phenoxy) is 1. The molecular weight excluding hydrogens is 590 g/mol. The quantitative estimate of drug-likeness (QED) is 0.137. The van der Waals surface area contributed by atoms with Crippen LogP contribution < -0.4 is 10.6 Å². The third-order valence-corrected chi connectivity index (χ3v) is 8.17. The molecule has 8 heteroatoms. The fourth-order valence-corrected chi connectivity index (χ4v) is 5.61. The number of nitrogens with one attached hydrogen (secondary N) is 2. The Morgan fingerprint density at radius 3 is 2.26 bits per heavy atom. The van der Waals surface area contributed by atoms with Crippen LogP contribution in [0.3, 0.4) is 0 Å². The number of hydrogen-bond acceptors (Lipinski definition) is 5.